The monoisotopic (exact) mass is 724 g/mol. The van der Waals surface area contributed by atoms with E-state index in [1.165, 1.54) is 6.07 Å². The van der Waals surface area contributed by atoms with Gasteiger partial charge in [-0.2, -0.15) is 21.6 Å². The minimum absolute atomic E-state index is 0.0614. The number of fused-ring (bicyclic) bond motifs is 2. The van der Waals surface area contributed by atoms with Crippen LogP contribution < -0.4 is 19.1 Å². The number of rotatable bonds is 6. The number of H-pyrrole nitrogens is 1. The van der Waals surface area contributed by atoms with Crippen molar-refractivity contribution in [2.45, 2.75) is 60.9 Å². The van der Waals surface area contributed by atoms with Crippen LogP contribution in [0.3, 0.4) is 0 Å². The number of methoxy groups -OCH3 is 2. The molecular formula is C37H39F3N4O6S. The molecule has 0 saturated carbocycles. The molecule has 270 valence electrons. The molecule has 0 aliphatic rings. The fourth-order valence-corrected chi connectivity index (χ4v) is 6.92. The molecule has 0 amide bonds. The predicted molar refractivity (Wildman–Crippen MR) is 192 cm³/mol. The molecule has 0 spiro atoms. The zero-order valence-corrected chi connectivity index (χ0v) is 30.8. The van der Waals surface area contributed by atoms with Crippen LogP contribution in [0.1, 0.15) is 44.8 Å². The van der Waals surface area contributed by atoms with E-state index in [0.717, 1.165) is 61.7 Å². The Bertz CT molecular complexity index is 2450. The van der Waals surface area contributed by atoms with E-state index in [1.54, 1.807) is 44.9 Å². The first-order valence-corrected chi connectivity index (χ1v) is 17.2. The highest BCUT2D eigenvalue weighted by Crippen LogP contribution is 2.37. The van der Waals surface area contributed by atoms with E-state index < -0.39 is 21.4 Å². The molecule has 0 aliphatic heterocycles. The second kappa shape index (κ2) is 13.5. The molecule has 0 fully saturated rings. The highest BCUT2D eigenvalue weighted by atomic mass is 32.2. The largest absolute Gasteiger partial charge is 0.534 e. The van der Waals surface area contributed by atoms with Crippen molar-refractivity contribution in [1.82, 2.24) is 19.1 Å². The molecule has 6 aromatic rings. The third kappa shape index (κ3) is 6.92. The number of hydrogen-bond donors (Lipinski definition) is 1. The Morgan fingerprint density at radius 1 is 0.686 bits per heavy atom. The van der Waals surface area contributed by atoms with Crippen molar-refractivity contribution in [3.63, 3.8) is 0 Å². The summed E-state index contributed by atoms with van der Waals surface area (Å²) < 4.78 is 80.4. The van der Waals surface area contributed by atoms with E-state index in [-0.39, 0.29) is 10.8 Å². The van der Waals surface area contributed by atoms with E-state index in [9.17, 15) is 26.4 Å². The molecule has 10 nitrogen and oxygen atoms in total. The number of halogens is 3. The number of nitrogens with one attached hydrogen (secondary N) is 1. The van der Waals surface area contributed by atoms with Crippen LogP contribution in [0.15, 0.2) is 53.6 Å². The lowest BCUT2D eigenvalue weighted by atomic mass is 10.1. The fourth-order valence-electron chi connectivity index (χ4n) is 6.45. The molecule has 14 heteroatoms. The maximum Gasteiger partial charge on any atom is 0.534 e. The first kappa shape index (κ1) is 37.0. The first-order chi connectivity index (χ1) is 23.8. The molecular weight excluding hydrogens is 685 g/mol. The number of nitrogens with zero attached hydrogens (tertiary/aromatic N) is 3. The Balaban J connectivity index is 0.000000205. The summed E-state index contributed by atoms with van der Waals surface area (Å²) in [6, 6.07) is 10.5. The Kier molecular flexibility index (Phi) is 9.78. The lowest BCUT2D eigenvalue weighted by molar-refractivity contribution is -0.0499. The van der Waals surface area contributed by atoms with Gasteiger partial charge < -0.3 is 27.8 Å². The smallest absolute Gasteiger partial charge is 0.497 e. The summed E-state index contributed by atoms with van der Waals surface area (Å²) in [6.07, 6.45) is 3.70. The predicted octanol–water partition coefficient (Wildman–Crippen LogP) is 8.06. The summed E-state index contributed by atoms with van der Waals surface area (Å²) >= 11 is 0. The van der Waals surface area contributed by atoms with Gasteiger partial charge in [0, 0.05) is 35.9 Å². The van der Waals surface area contributed by atoms with E-state index in [0.29, 0.717) is 22.7 Å². The molecule has 0 radical (unpaired) electrons. The Morgan fingerprint density at radius 3 is 1.65 bits per heavy atom. The quantitative estimate of drug-likeness (QED) is 0.136. The van der Waals surface area contributed by atoms with E-state index >= 15 is 0 Å². The van der Waals surface area contributed by atoms with E-state index in [1.807, 2.05) is 58.2 Å². The maximum absolute atomic E-state index is 12.8. The standard InChI is InChI=1S/C19H19F3N2O4S.C18H20N2O2/c1-10-6-14(27-5)7-11(2)17(10)24-9-12(3)16-15(8-13(4)23-18(16)24)28-29(25,26)19(20,21)22;1-10-6-14(22-5)7-11(2)17(10)20-9-12(3)16-15(21)8-13(4)19-18(16)20/h6-9H,1-5H3;6-9H,1-5H3,(H,19,21). The number of aryl methyl sites for hydroxylation is 8. The van der Waals surface area contributed by atoms with Gasteiger partial charge >= 0.3 is 15.6 Å². The van der Waals surface area contributed by atoms with Gasteiger partial charge in [-0.25, -0.2) is 4.98 Å². The van der Waals surface area contributed by atoms with Crippen LogP contribution in [-0.2, 0) is 10.1 Å². The van der Waals surface area contributed by atoms with Gasteiger partial charge in [0.25, 0.3) is 0 Å². The topological polar surface area (TPSA) is 117 Å². The Morgan fingerprint density at radius 2 is 1.16 bits per heavy atom. The molecule has 0 saturated heterocycles. The van der Waals surface area contributed by atoms with Crippen LogP contribution in [0.4, 0.5) is 13.2 Å². The van der Waals surface area contributed by atoms with Gasteiger partial charge in [-0.05, 0) is 113 Å². The average molecular weight is 725 g/mol. The summed E-state index contributed by atoms with van der Waals surface area (Å²) in [5, 5.41) is 0.943. The van der Waals surface area contributed by atoms with Crippen molar-refractivity contribution in [3.8, 4) is 28.6 Å². The SMILES string of the molecule is COc1cc(C)c(-n2cc(C)c3c(=O)cc(C)[nH]c32)c(C)c1.COc1cc(C)c(-n2cc(C)c3c(OS(=O)(=O)C(F)(F)F)cc(C)nc32)c(C)c1. The number of hydrogen-bond acceptors (Lipinski definition) is 7. The number of benzene rings is 2. The second-order valence-electron chi connectivity index (χ2n) is 12.6. The van der Waals surface area contributed by atoms with Crippen LogP contribution in [-0.4, -0.2) is 47.2 Å². The zero-order chi connectivity index (χ0) is 37.7. The average Bonchev–Trinajstić information content (AvgIpc) is 3.51. The van der Waals surface area contributed by atoms with Crippen molar-refractivity contribution in [2.24, 2.45) is 0 Å². The van der Waals surface area contributed by atoms with Gasteiger partial charge in [0.05, 0.1) is 36.4 Å². The minimum atomic E-state index is -5.81. The van der Waals surface area contributed by atoms with E-state index in [2.05, 4.69) is 32.6 Å². The Hall–Kier alpha value is -5.24. The maximum atomic E-state index is 12.8. The highest BCUT2D eigenvalue weighted by Gasteiger charge is 2.49. The molecule has 2 aromatic carbocycles. The first-order valence-electron chi connectivity index (χ1n) is 15.8. The summed E-state index contributed by atoms with van der Waals surface area (Å²) in [6.45, 7) is 14.9. The fraction of sp³-hybridized carbons (Fsp3) is 0.297. The van der Waals surface area contributed by atoms with Crippen LogP contribution in [0, 0.1) is 55.4 Å². The van der Waals surface area contributed by atoms with Crippen molar-refractivity contribution < 1.29 is 35.2 Å². The molecule has 0 unspecified atom stereocenters. The number of pyridine rings is 2. The van der Waals surface area contributed by atoms with Gasteiger partial charge in [0.1, 0.15) is 22.8 Å². The normalized spacial score (nSPS) is 11.9. The van der Waals surface area contributed by atoms with Crippen LogP contribution in [0.5, 0.6) is 17.2 Å². The van der Waals surface area contributed by atoms with Gasteiger partial charge in [0.15, 0.2) is 11.2 Å². The third-order valence-corrected chi connectivity index (χ3v) is 9.47. The van der Waals surface area contributed by atoms with Crippen molar-refractivity contribution in [1.29, 1.82) is 0 Å². The summed E-state index contributed by atoms with van der Waals surface area (Å²) in [7, 11) is -2.59. The molecule has 1 N–H and O–H groups in total. The van der Waals surface area contributed by atoms with Crippen molar-refractivity contribution >= 4 is 32.2 Å². The number of alkyl halides is 3. The lowest BCUT2D eigenvalue weighted by Gasteiger charge is -2.15. The lowest BCUT2D eigenvalue weighted by Crippen LogP contribution is -2.28. The second-order valence-corrected chi connectivity index (χ2v) is 14.1. The van der Waals surface area contributed by atoms with Crippen LogP contribution in [0.2, 0.25) is 0 Å². The molecule has 4 aromatic heterocycles. The molecule has 0 atom stereocenters. The summed E-state index contributed by atoms with van der Waals surface area (Å²) in [5.74, 6) is 1.10. The zero-order valence-electron chi connectivity index (χ0n) is 30.0. The molecule has 0 bridgehead atoms. The van der Waals surface area contributed by atoms with Gasteiger partial charge in [-0.3, -0.25) is 4.79 Å². The number of aromatic nitrogens is 4. The van der Waals surface area contributed by atoms with Gasteiger partial charge in [0.2, 0.25) is 0 Å². The minimum Gasteiger partial charge on any atom is -0.497 e. The third-order valence-electron chi connectivity index (χ3n) is 8.51. The number of ether oxygens (including phenoxy) is 2. The van der Waals surface area contributed by atoms with Gasteiger partial charge in [-0.15, -0.1) is 0 Å². The number of aromatic amines is 1. The summed E-state index contributed by atoms with van der Waals surface area (Å²) in [4.78, 5) is 20.0. The van der Waals surface area contributed by atoms with Gasteiger partial charge in [-0.1, -0.05) is 0 Å². The van der Waals surface area contributed by atoms with Crippen molar-refractivity contribution in [3.05, 3.63) is 104 Å². The van der Waals surface area contributed by atoms with Crippen LogP contribution >= 0.6 is 0 Å². The Labute approximate surface area is 293 Å². The van der Waals surface area contributed by atoms with Crippen molar-refractivity contribution in [2.75, 3.05) is 14.2 Å². The molecule has 0 aliphatic carbocycles. The molecule has 51 heavy (non-hydrogen) atoms. The molecule has 6 rings (SSSR count). The molecule has 4 heterocycles. The summed E-state index contributed by atoms with van der Waals surface area (Å²) in [5.41, 5.74) is 4.13. The van der Waals surface area contributed by atoms with E-state index in [4.69, 9.17) is 9.47 Å². The highest BCUT2D eigenvalue weighted by molar-refractivity contribution is 7.88. The van der Waals surface area contributed by atoms with Crippen LogP contribution in [0.25, 0.3) is 33.4 Å².